The van der Waals surface area contributed by atoms with Crippen molar-refractivity contribution < 1.29 is 0 Å². The third-order valence-electron chi connectivity index (χ3n) is 4.76. The molecule has 106 valence electrons. The van der Waals surface area contributed by atoms with Gasteiger partial charge < -0.3 is 10.2 Å². The summed E-state index contributed by atoms with van der Waals surface area (Å²) < 4.78 is 1.31. The normalized spacial score (nSPS) is 24.6. The molecular formula is C16H21N3S. The standard InChI is InChI=1S/C16H21N3S/c1-2-6-15-14(4-1)18-16(20-15)19-10-7-12(8-11-19)13-5-3-9-17-13/h1-2,4,6,12-13,17H,3,5,7-11H2. The molecule has 3 nitrogen and oxygen atoms in total. The van der Waals surface area contributed by atoms with E-state index in [0.717, 1.165) is 17.5 Å². The summed E-state index contributed by atoms with van der Waals surface area (Å²) in [7, 11) is 0. The second kappa shape index (κ2) is 5.34. The molecule has 0 radical (unpaired) electrons. The Balaban J connectivity index is 1.45. The molecule has 0 amide bonds. The van der Waals surface area contributed by atoms with Crippen molar-refractivity contribution in [1.29, 1.82) is 0 Å². The summed E-state index contributed by atoms with van der Waals surface area (Å²) in [5.41, 5.74) is 1.15. The molecule has 1 aromatic heterocycles. The minimum atomic E-state index is 0.785. The smallest absolute Gasteiger partial charge is 0.186 e. The molecule has 2 aliphatic rings. The van der Waals surface area contributed by atoms with Crippen LogP contribution in [0.4, 0.5) is 5.13 Å². The number of piperidine rings is 1. The first-order valence-electron chi connectivity index (χ1n) is 7.74. The lowest BCUT2D eigenvalue weighted by Crippen LogP contribution is -2.40. The van der Waals surface area contributed by atoms with Crippen LogP contribution in [-0.4, -0.2) is 30.7 Å². The maximum Gasteiger partial charge on any atom is 0.186 e. The van der Waals surface area contributed by atoms with Gasteiger partial charge >= 0.3 is 0 Å². The van der Waals surface area contributed by atoms with E-state index in [-0.39, 0.29) is 0 Å². The zero-order valence-electron chi connectivity index (χ0n) is 11.7. The fraction of sp³-hybridized carbons (Fsp3) is 0.562. The zero-order valence-corrected chi connectivity index (χ0v) is 12.5. The first-order valence-corrected chi connectivity index (χ1v) is 8.56. The largest absolute Gasteiger partial charge is 0.348 e. The number of benzene rings is 1. The van der Waals surface area contributed by atoms with E-state index in [0.29, 0.717) is 0 Å². The number of para-hydroxylation sites is 1. The summed E-state index contributed by atoms with van der Waals surface area (Å²) in [4.78, 5) is 7.27. The van der Waals surface area contributed by atoms with Gasteiger partial charge in [0.05, 0.1) is 10.2 Å². The summed E-state index contributed by atoms with van der Waals surface area (Å²) in [6, 6.07) is 9.25. The number of thiazole rings is 1. The Morgan fingerprint density at radius 1 is 1.15 bits per heavy atom. The Labute approximate surface area is 124 Å². The predicted molar refractivity (Wildman–Crippen MR) is 85.6 cm³/mol. The Hall–Kier alpha value is -1.13. The molecule has 4 heteroatoms. The Bertz CT molecular complexity index is 547. The van der Waals surface area contributed by atoms with Crippen molar-refractivity contribution in [3.8, 4) is 0 Å². The average Bonchev–Trinajstić information content (AvgIpc) is 3.17. The molecule has 4 rings (SSSR count). The van der Waals surface area contributed by atoms with Gasteiger partial charge in [0.15, 0.2) is 5.13 Å². The van der Waals surface area contributed by atoms with E-state index in [2.05, 4.69) is 34.5 Å². The van der Waals surface area contributed by atoms with Crippen molar-refractivity contribution in [2.75, 3.05) is 24.5 Å². The van der Waals surface area contributed by atoms with Gasteiger partial charge in [0.1, 0.15) is 0 Å². The van der Waals surface area contributed by atoms with Crippen LogP contribution in [0.15, 0.2) is 24.3 Å². The van der Waals surface area contributed by atoms with Crippen molar-refractivity contribution in [3.63, 3.8) is 0 Å². The van der Waals surface area contributed by atoms with Crippen LogP contribution in [-0.2, 0) is 0 Å². The Kier molecular flexibility index (Phi) is 3.36. The van der Waals surface area contributed by atoms with Crippen LogP contribution in [0.5, 0.6) is 0 Å². The molecule has 0 saturated carbocycles. The first-order chi connectivity index (χ1) is 9.90. The van der Waals surface area contributed by atoms with E-state index in [1.165, 1.54) is 55.1 Å². The minimum Gasteiger partial charge on any atom is -0.348 e. The molecule has 1 aromatic carbocycles. The predicted octanol–water partition coefficient (Wildman–Crippen LogP) is 3.26. The number of anilines is 1. The number of fused-ring (bicyclic) bond motifs is 1. The van der Waals surface area contributed by atoms with E-state index < -0.39 is 0 Å². The van der Waals surface area contributed by atoms with Crippen molar-refractivity contribution in [2.45, 2.75) is 31.7 Å². The highest BCUT2D eigenvalue weighted by molar-refractivity contribution is 7.22. The molecule has 0 bridgehead atoms. The van der Waals surface area contributed by atoms with Crippen molar-refractivity contribution in [3.05, 3.63) is 24.3 Å². The molecule has 0 aliphatic carbocycles. The lowest BCUT2D eigenvalue weighted by molar-refractivity contribution is 0.319. The highest BCUT2D eigenvalue weighted by atomic mass is 32.1. The molecule has 1 atom stereocenters. The van der Waals surface area contributed by atoms with E-state index >= 15 is 0 Å². The van der Waals surface area contributed by atoms with Gasteiger partial charge in [0.2, 0.25) is 0 Å². The summed E-state index contributed by atoms with van der Waals surface area (Å²) in [6.45, 7) is 3.56. The van der Waals surface area contributed by atoms with Gasteiger partial charge in [0.25, 0.3) is 0 Å². The van der Waals surface area contributed by atoms with Crippen LogP contribution >= 0.6 is 11.3 Å². The molecule has 20 heavy (non-hydrogen) atoms. The highest BCUT2D eigenvalue weighted by Crippen LogP contribution is 2.33. The lowest BCUT2D eigenvalue weighted by Gasteiger charge is -2.34. The second-order valence-corrected chi connectivity index (χ2v) is 7.00. The SMILES string of the molecule is c1ccc2sc(N3CCC(C4CCCN4)CC3)nc2c1. The molecule has 2 aromatic rings. The van der Waals surface area contributed by atoms with Crippen LogP contribution in [0.25, 0.3) is 10.2 Å². The highest BCUT2D eigenvalue weighted by Gasteiger charge is 2.29. The average molecular weight is 287 g/mol. The molecule has 2 aliphatic heterocycles. The quantitative estimate of drug-likeness (QED) is 0.919. The minimum absolute atomic E-state index is 0.785. The van der Waals surface area contributed by atoms with E-state index in [4.69, 9.17) is 4.98 Å². The lowest BCUT2D eigenvalue weighted by atomic mass is 9.89. The zero-order chi connectivity index (χ0) is 13.4. The van der Waals surface area contributed by atoms with Crippen LogP contribution in [0.3, 0.4) is 0 Å². The van der Waals surface area contributed by atoms with Crippen molar-refractivity contribution in [1.82, 2.24) is 10.3 Å². The van der Waals surface area contributed by atoms with E-state index in [9.17, 15) is 0 Å². The van der Waals surface area contributed by atoms with Gasteiger partial charge in [-0.1, -0.05) is 23.5 Å². The number of nitrogens with zero attached hydrogens (tertiary/aromatic N) is 2. The topological polar surface area (TPSA) is 28.2 Å². The van der Waals surface area contributed by atoms with Gasteiger partial charge in [-0.25, -0.2) is 4.98 Å². The first kappa shape index (κ1) is 12.6. The van der Waals surface area contributed by atoms with Crippen molar-refractivity contribution in [2.24, 2.45) is 5.92 Å². The molecular weight excluding hydrogens is 266 g/mol. The van der Waals surface area contributed by atoms with Crippen LogP contribution in [0, 0.1) is 5.92 Å². The number of aromatic nitrogens is 1. The number of hydrogen-bond acceptors (Lipinski definition) is 4. The molecule has 1 unspecified atom stereocenters. The molecule has 2 fully saturated rings. The van der Waals surface area contributed by atoms with Gasteiger partial charge in [-0.15, -0.1) is 0 Å². The molecule has 3 heterocycles. The molecule has 0 spiro atoms. The monoisotopic (exact) mass is 287 g/mol. The van der Waals surface area contributed by atoms with Gasteiger partial charge in [-0.3, -0.25) is 0 Å². The van der Waals surface area contributed by atoms with Crippen molar-refractivity contribution >= 4 is 26.7 Å². The van der Waals surface area contributed by atoms with Crippen LogP contribution < -0.4 is 10.2 Å². The maximum absolute atomic E-state index is 4.79. The van der Waals surface area contributed by atoms with E-state index in [1.54, 1.807) is 0 Å². The Morgan fingerprint density at radius 2 is 2.00 bits per heavy atom. The van der Waals surface area contributed by atoms with Crippen LogP contribution in [0.2, 0.25) is 0 Å². The third-order valence-corrected chi connectivity index (χ3v) is 5.86. The molecule has 1 N–H and O–H groups in total. The summed E-state index contributed by atoms with van der Waals surface area (Å²) in [5, 5.41) is 4.88. The second-order valence-electron chi connectivity index (χ2n) is 5.99. The van der Waals surface area contributed by atoms with Crippen LogP contribution in [0.1, 0.15) is 25.7 Å². The maximum atomic E-state index is 4.79. The van der Waals surface area contributed by atoms with Gasteiger partial charge in [0, 0.05) is 19.1 Å². The molecule has 2 saturated heterocycles. The fourth-order valence-electron chi connectivity index (χ4n) is 3.60. The van der Waals surface area contributed by atoms with Gasteiger partial charge in [-0.2, -0.15) is 0 Å². The number of nitrogens with one attached hydrogen (secondary N) is 1. The summed E-state index contributed by atoms with van der Waals surface area (Å²) in [6.07, 6.45) is 5.37. The third kappa shape index (κ3) is 2.31. The summed E-state index contributed by atoms with van der Waals surface area (Å²) in [5.74, 6) is 0.878. The number of hydrogen-bond donors (Lipinski definition) is 1. The van der Waals surface area contributed by atoms with Gasteiger partial charge in [-0.05, 0) is 50.3 Å². The fourth-order valence-corrected chi connectivity index (χ4v) is 4.62. The summed E-state index contributed by atoms with van der Waals surface area (Å²) >= 11 is 1.84. The number of rotatable bonds is 2. The Morgan fingerprint density at radius 3 is 2.75 bits per heavy atom. The van der Waals surface area contributed by atoms with E-state index in [1.807, 2.05) is 11.3 Å².